The van der Waals surface area contributed by atoms with Crippen LogP contribution in [-0.4, -0.2) is 28.1 Å². The van der Waals surface area contributed by atoms with Crippen LogP contribution in [0.25, 0.3) is 11.3 Å². The van der Waals surface area contributed by atoms with Gasteiger partial charge in [-0.2, -0.15) is 5.10 Å². The number of aromatic nitrogens is 2. The minimum atomic E-state index is -0.415. The fourth-order valence-electron chi connectivity index (χ4n) is 5.28. The number of rotatable bonds is 7. The molecule has 1 heterocycles. The third-order valence-electron chi connectivity index (χ3n) is 7.62. The first-order valence-corrected chi connectivity index (χ1v) is 14.1. The Labute approximate surface area is 235 Å². The molecule has 1 saturated carbocycles. The summed E-state index contributed by atoms with van der Waals surface area (Å²) in [6.07, 6.45) is 6.15. The zero-order valence-electron chi connectivity index (χ0n) is 23.4. The smallest absolute Gasteiger partial charge is 0.259 e. The quantitative estimate of drug-likeness (QED) is 0.318. The highest BCUT2D eigenvalue weighted by Crippen LogP contribution is 2.33. The van der Waals surface area contributed by atoms with Gasteiger partial charge in [-0.1, -0.05) is 25.4 Å². The number of halogens is 2. The molecule has 4 rings (SSSR count). The highest BCUT2D eigenvalue weighted by atomic mass is 35.5. The maximum absolute atomic E-state index is 13.6. The highest BCUT2D eigenvalue weighted by Gasteiger charge is 2.26. The Bertz CT molecular complexity index is 1320. The standard InChI is InChI=1S/C31H38ClFN4O2/c1-19(2)21-8-6-20(7-9-21)17-34-29(38)25-16-24(14-15-27(25)32)36-30(39)26-18-35-37(31(3,4)5)28(26)22-10-12-23(33)13-11-22/h10-16,18-21H,6-9,17H2,1-5H3,(H,34,38)(H,36,39). The van der Waals surface area contributed by atoms with Crippen molar-refractivity contribution < 1.29 is 14.0 Å². The Kier molecular flexibility index (Phi) is 8.80. The summed E-state index contributed by atoms with van der Waals surface area (Å²) in [5.74, 6) is 0.935. The summed E-state index contributed by atoms with van der Waals surface area (Å²) in [4.78, 5) is 26.4. The lowest BCUT2D eigenvalue weighted by Gasteiger charge is -2.30. The summed E-state index contributed by atoms with van der Waals surface area (Å²) in [6.45, 7) is 11.1. The second kappa shape index (κ2) is 11.9. The fraction of sp³-hybridized carbons (Fsp3) is 0.452. The van der Waals surface area contributed by atoms with Crippen LogP contribution < -0.4 is 10.6 Å². The molecule has 1 fully saturated rings. The molecule has 0 spiro atoms. The van der Waals surface area contributed by atoms with E-state index in [4.69, 9.17) is 11.6 Å². The molecule has 2 aromatic carbocycles. The molecule has 0 radical (unpaired) electrons. The molecule has 1 aromatic heterocycles. The second-order valence-corrected chi connectivity index (χ2v) is 12.3. The number of hydrogen-bond acceptors (Lipinski definition) is 3. The summed E-state index contributed by atoms with van der Waals surface area (Å²) in [7, 11) is 0. The number of hydrogen-bond donors (Lipinski definition) is 2. The zero-order valence-corrected chi connectivity index (χ0v) is 24.1. The topological polar surface area (TPSA) is 76.0 Å². The van der Waals surface area contributed by atoms with Gasteiger partial charge in [0.15, 0.2) is 0 Å². The Balaban J connectivity index is 1.49. The van der Waals surface area contributed by atoms with Crippen LogP contribution in [0.4, 0.5) is 10.1 Å². The van der Waals surface area contributed by atoms with E-state index in [1.807, 2.05) is 20.8 Å². The van der Waals surface area contributed by atoms with Gasteiger partial charge >= 0.3 is 0 Å². The van der Waals surface area contributed by atoms with Gasteiger partial charge in [-0.15, -0.1) is 0 Å². The molecule has 2 N–H and O–H groups in total. The van der Waals surface area contributed by atoms with Crippen LogP contribution >= 0.6 is 11.6 Å². The molecule has 8 heteroatoms. The number of nitrogens with zero attached hydrogens (tertiary/aromatic N) is 2. The van der Waals surface area contributed by atoms with Gasteiger partial charge in [0.1, 0.15) is 5.82 Å². The fourth-order valence-corrected chi connectivity index (χ4v) is 5.48. The zero-order chi connectivity index (χ0) is 28.3. The van der Waals surface area contributed by atoms with E-state index < -0.39 is 5.54 Å². The molecule has 6 nitrogen and oxygen atoms in total. The molecule has 3 aromatic rings. The van der Waals surface area contributed by atoms with Crippen LogP contribution in [0.3, 0.4) is 0 Å². The van der Waals surface area contributed by atoms with Crippen molar-refractivity contribution in [3.8, 4) is 11.3 Å². The molecule has 1 aliphatic rings. The summed E-state index contributed by atoms with van der Waals surface area (Å²) in [5.41, 5.74) is 1.94. The van der Waals surface area contributed by atoms with E-state index in [0.717, 1.165) is 18.8 Å². The molecular formula is C31H38ClFN4O2. The predicted octanol–water partition coefficient (Wildman–Crippen LogP) is 7.54. The molecule has 0 atom stereocenters. The van der Waals surface area contributed by atoms with Crippen LogP contribution in [0.1, 0.15) is 81.0 Å². The van der Waals surface area contributed by atoms with E-state index in [-0.39, 0.29) is 17.6 Å². The van der Waals surface area contributed by atoms with Crippen LogP contribution in [0.15, 0.2) is 48.7 Å². The van der Waals surface area contributed by atoms with Gasteiger partial charge in [0.25, 0.3) is 11.8 Å². The SMILES string of the molecule is CC(C)C1CCC(CNC(=O)c2cc(NC(=O)c3cnn(C(C)(C)C)c3-c3ccc(F)cc3)ccc2Cl)CC1. The van der Waals surface area contributed by atoms with Crippen molar-refractivity contribution in [2.75, 3.05) is 11.9 Å². The van der Waals surface area contributed by atoms with Crippen molar-refractivity contribution in [1.82, 2.24) is 15.1 Å². The predicted molar refractivity (Wildman–Crippen MR) is 155 cm³/mol. The number of amides is 2. The summed E-state index contributed by atoms with van der Waals surface area (Å²) in [6, 6.07) is 10.8. The first-order chi connectivity index (χ1) is 18.4. The Morgan fingerprint density at radius 3 is 2.31 bits per heavy atom. The van der Waals surface area contributed by atoms with Crippen LogP contribution in [0.2, 0.25) is 5.02 Å². The van der Waals surface area contributed by atoms with Gasteiger partial charge in [0.2, 0.25) is 0 Å². The number of carbonyl (C=O) groups is 2. The first-order valence-electron chi connectivity index (χ1n) is 13.7. The van der Waals surface area contributed by atoms with Crippen LogP contribution in [0, 0.1) is 23.6 Å². The molecule has 208 valence electrons. The molecule has 0 aliphatic heterocycles. The maximum atomic E-state index is 13.6. The lowest BCUT2D eigenvalue weighted by Crippen LogP contribution is -2.32. The molecule has 2 amide bonds. The molecule has 0 unspecified atom stereocenters. The first kappa shape index (κ1) is 28.8. The van der Waals surface area contributed by atoms with Crippen molar-refractivity contribution in [2.45, 2.75) is 65.8 Å². The second-order valence-electron chi connectivity index (χ2n) is 11.9. The summed E-state index contributed by atoms with van der Waals surface area (Å²) in [5, 5.41) is 10.7. The normalized spacial score (nSPS) is 17.7. The molecule has 1 aliphatic carbocycles. The monoisotopic (exact) mass is 552 g/mol. The minimum Gasteiger partial charge on any atom is -0.352 e. The Hall–Kier alpha value is -3.19. The van der Waals surface area contributed by atoms with Crippen LogP contribution in [-0.2, 0) is 5.54 Å². The number of carbonyl (C=O) groups excluding carboxylic acids is 2. The Morgan fingerprint density at radius 1 is 1.03 bits per heavy atom. The van der Waals surface area contributed by atoms with E-state index in [9.17, 15) is 14.0 Å². The van der Waals surface area contributed by atoms with Gasteiger partial charge in [-0.3, -0.25) is 14.3 Å². The lowest BCUT2D eigenvalue weighted by atomic mass is 9.77. The van der Waals surface area contributed by atoms with E-state index in [2.05, 4.69) is 29.6 Å². The number of benzene rings is 2. The minimum absolute atomic E-state index is 0.255. The molecule has 0 bridgehead atoms. The van der Waals surface area contributed by atoms with E-state index in [1.54, 1.807) is 35.0 Å². The highest BCUT2D eigenvalue weighted by molar-refractivity contribution is 6.34. The van der Waals surface area contributed by atoms with Crippen molar-refractivity contribution in [3.05, 3.63) is 70.6 Å². The number of nitrogens with one attached hydrogen (secondary N) is 2. The van der Waals surface area contributed by atoms with Crippen molar-refractivity contribution in [1.29, 1.82) is 0 Å². The molecule has 0 saturated heterocycles. The Morgan fingerprint density at radius 2 is 1.69 bits per heavy atom. The number of anilines is 1. The van der Waals surface area contributed by atoms with Gasteiger partial charge in [0.05, 0.1) is 33.6 Å². The van der Waals surface area contributed by atoms with Gasteiger partial charge < -0.3 is 10.6 Å². The van der Waals surface area contributed by atoms with E-state index in [0.29, 0.717) is 51.5 Å². The average Bonchev–Trinajstić information content (AvgIpc) is 3.35. The van der Waals surface area contributed by atoms with Gasteiger partial charge in [-0.25, -0.2) is 4.39 Å². The van der Waals surface area contributed by atoms with Crippen molar-refractivity contribution >= 4 is 29.1 Å². The third-order valence-corrected chi connectivity index (χ3v) is 7.95. The van der Waals surface area contributed by atoms with Crippen LogP contribution in [0.5, 0.6) is 0 Å². The largest absolute Gasteiger partial charge is 0.352 e. The third kappa shape index (κ3) is 6.88. The van der Waals surface area contributed by atoms with Gasteiger partial charge in [0, 0.05) is 17.8 Å². The molecular weight excluding hydrogens is 515 g/mol. The maximum Gasteiger partial charge on any atom is 0.259 e. The van der Waals surface area contributed by atoms with Gasteiger partial charge in [-0.05, 0) is 107 Å². The lowest BCUT2D eigenvalue weighted by molar-refractivity contribution is 0.0938. The molecule has 39 heavy (non-hydrogen) atoms. The average molecular weight is 553 g/mol. The van der Waals surface area contributed by atoms with Crippen molar-refractivity contribution in [3.63, 3.8) is 0 Å². The van der Waals surface area contributed by atoms with E-state index in [1.165, 1.54) is 31.2 Å². The van der Waals surface area contributed by atoms with Crippen molar-refractivity contribution in [2.24, 2.45) is 17.8 Å². The van der Waals surface area contributed by atoms with E-state index >= 15 is 0 Å². The summed E-state index contributed by atoms with van der Waals surface area (Å²) >= 11 is 6.37. The summed E-state index contributed by atoms with van der Waals surface area (Å²) < 4.78 is 15.4.